The van der Waals surface area contributed by atoms with Crippen LogP contribution in [0.2, 0.25) is 0 Å². The fourth-order valence-corrected chi connectivity index (χ4v) is 2.46. The Morgan fingerprint density at radius 3 is 0.542 bits per heavy atom. The number of rotatable bonds is 4. The van der Waals surface area contributed by atoms with Crippen molar-refractivity contribution in [1.82, 2.24) is 0 Å². The van der Waals surface area contributed by atoms with E-state index in [1.807, 2.05) is 0 Å². The lowest BCUT2D eigenvalue weighted by Gasteiger charge is -1.94. The highest BCUT2D eigenvalue weighted by molar-refractivity contribution is 5.82. The molecular weight excluding hydrogens is 726 g/mol. The van der Waals surface area contributed by atoms with E-state index in [1.54, 1.807) is 48.5 Å². The second-order valence-corrected chi connectivity index (χ2v) is 7.34. The number of hydrogen-bond acceptors (Lipinski definition) is 4. The minimum atomic E-state index is -0.0399. The maximum Gasteiger partial charge on any atom is 0.316 e. The van der Waals surface area contributed by atoms with Crippen LogP contribution in [0.1, 0.15) is 0 Å². The van der Waals surface area contributed by atoms with E-state index in [1.165, 1.54) is 0 Å². The van der Waals surface area contributed by atoms with Crippen LogP contribution < -0.4 is 138 Å². The van der Waals surface area contributed by atoms with E-state index >= 15 is 0 Å². The lowest BCUT2D eigenvalue weighted by Crippen LogP contribution is -3.00. The SMILES string of the molecule is NC(=Nc1ccc(N=C(N)[NH+]=C(N)N)cc1)[NH+]=C(N)N.NC(=Nc1ccc(N=C(N)[NH+]=C(N)N)cc1)[NH+]=C(N)N.O.O.O.O.[Cl-].[Cl-].[Cl-].[Cl-]. The van der Waals surface area contributed by atoms with Crippen LogP contribution in [-0.2, 0) is 0 Å². The predicted molar refractivity (Wildman–Crippen MR) is 170 cm³/mol. The van der Waals surface area contributed by atoms with E-state index in [9.17, 15) is 0 Å². The molecule has 0 aliphatic rings. The summed E-state index contributed by atoms with van der Waals surface area (Å²) in [5.74, 6) is 0.148. The molecule has 2 aromatic carbocycles. The molecule has 0 unspecified atom stereocenters. The van der Waals surface area contributed by atoms with E-state index in [0.717, 1.165) is 0 Å². The number of nitrogens with one attached hydrogen (secondary N) is 4. The van der Waals surface area contributed by atoms with Crippen LogP contribution in [0.3, 0.4) is 0 Å². The smallest absolute Gasteiger partial charge is 0.316 e. The predicted octanol–water partition coefficient (Wildman–Crippen LogP) is -26.7. The van der Waals surface area contributed by atoms with Gasteiger partial charge in [0.15, 0.2) is 0 Å². The summed E-state index contributed by atoms with van der Waals surface area (Å²) >= 11 is 0. The molecule has 48 heavy (non-hydrogen) atoms. The molecule has 24 nitrogen and oxygen atoms in total. The molecule has 0 amide bonds. The number of hydrogen-bond donors (Lipinski definition) is 16. The van der Waals surface area contributed by atoms with Gasteiger partial charge in [0, 0.05) is 0 Å². The normalized spacial score (nSPS) is 9.83. The van der Waals surface area contributed by atoms with Gasteiger partial charge in [0.2, 0.25) is 0 Å². The standard InChI is InChI=1S/2C10H16N10.4ClH.4H2O/c2*11-7(12)19-9(15)17-5-1-2-6(4-3-5)18-10(16)20-8(13)14;;;;;;;;/h2*1-4H,(H6,11,12,15,17,19)(H6,13,14,16,18,20);4*1H;4*1H2. The number of halogens is 4. The first-order chi connectivity index (χ1) is 18.7. The lowest BCUT2D eigenvalue weighted by molar-refractivity contribution is -0.321. The Balaban J connectivity index is -0.0000000952. The Bertz CT molecular complexity index is 1190. The monoisotopic (exact) mass is 768 g/mol. The molecule has 0 spiro atoms. The Hall–Kier alpha value is -5.60. The van der Waals surface area contributed by atoms with Crippen molar-refractivity contribution in [2.45, 2.75) is 0 Å². The molecule has 0 heterocycles. The van der Waals surface area contributed by atoms with Gasteiger partial charge in [-0.1, -0.05) is 0 Å². The Morgan fingerprint density at radius 2 is 0.438 bits per heavy atom. The van der Waals surface area contributed by atoms with E-state index in [0.29, 0.717) is 22.7 Å². The van der Waals surface area contributed by atoms with E-state index in [2.05, 4.69) is 39.9 Å². The molecule has 276 valence electrons. The average Bonchev–Trinajstić information content (AvgIpc) is 2.80. The number of nitrogens with two attached hydrogens (primary N) is 12. The molecule has 0 fully saturated rings. The minimum Gasteiger partial charge on any atom is -1.00 e. The molecule has 0 saturated heterocycles. The first kappa shape index (κ1) is 61.4. The molecule has 0 aromatic heterocycles. The quantitative estimate of drug-likeness (QED) is 0.102. The summed E-state index contributed by atoms with van der Waals surface area (Å²) in [5, 5.41) is 0. The molecule has 0 saturated carbocycles. The largest absolute Gasteiger partial charge is 1.00 e. The summed E-state index contributed by atoms with van der Waals surface area (Å²) in [7, 11) is 0. The number of guanidine groups is 8. The highest BCUT2D eigenvalue weighted by Gasteiger charge is 2.02. The summed E-state index contributed by atoms with van der Waals surface area (Å²) in [5.41, 5.74) is 66.4. The van der Waals surface area contributed by atoms with E-state index < -0.39 is 0 Å². The zero-order valence-electron chi connectivity index (χ0n) is 24.8. The third-order valence-corrected chi connectivity index (χ3v) is 3.79. The van der Waals surface area contributed by atoms with Gasteiger partial charge in [-0.05, 0) is 48.5 Å². The maximum atomic E-state index is 5.55. The summed E-state index contributed by atoms with van der Waals surface area (Å²) in [6.07, 6.45) is 0. The second kappa shape index (κ2) is 31.4. The first-order valence-electron chi connectivity index (χ1n) is 10.9. The highest BCUT2D eigenvalue weighted by Crippen LogP contribution is 2.18. The van der Waals surface area contributed by atoms with Gasteiger partial charge in [-0.3, -0.25) is 0 Å². The van der Waals surface area contributed by atoms with Crippen LogP contribution in [0.15, 0.2) is 68.5 Å². The summed E-state index contributed by atoms with van der Waals surface area (Å²) in [4.78, 5) is 26.0. The Kier molecular flexibility index (Phi) is 40.2. The van der Waals surface area contributed by atoms with Crippen molar-refractivity contribution >= 4 is 70.4 Å². The van der Waals surface area contributed by atoms with Gasteiger partial charge < -0.3 is 140 Å². The van der Waals surface area contributed by atoms with Crippen molar-refractivity contribution in [3.63, 3.8) is 0 Å². The minimum absolute atomic E-state index is 0. The molecule has 2 rings (SSSR count). The van der Waals surface area contributed by atoms with Crippen LogP contribution in [0.5, 0.6) is 0 Å². The zero-order chi connectivity index (χ0) is 30.2. The average molecular weight is 771 g/mol. The van der Waals surface area contributed by atoms with Gasteiger partial charge >= 0.3 is 23.8 Å². The number of benzene rings is 2. The third kappa shape index (κ3) is 29.1. The van der Waals surface area contributed by atoms with Crippen molar-refractivity contribution in [2.75, 3.05) is 0 Å². The van der Waals surface area contributed by atoms with Crippen LogP contribution in [0.25, 0.3) is 0 Å². The third-order valence-electron chi connectivity index (χ3n) is 3.79. The topological polar surface area (TPSA) is 544 Å². The van der Waals surface area contributed by atoms with Gasteiger partial charge in [0.25, 0.3) is 23.8 Å². The highest BCUT2D eigenvalue weighted by atomic mass is 35.5. The molecule has 0 atom stereocenters. The Labute approximate surface area is 298 Å². The van der Waals surface area contributed by atoms with Crippen LogP contribution in [0.4, 0.5) is 22.7 Å². The molecule has 0 aliphatic heterocycles. The number of aliphatic imine (C=N–C) groups is 4. The molecule has 0 radical (unpaired) electrons. The molecule has 36 N–H and O–H groups in total. The summed E-state index contributed by atoms with van der Waals surface area (Å²) in [6, 6.07) is 13.5. The summed E-state index contributed by atoms with van der Waals surface area (Å²) < 4.78 is 0. The molecular formula is C20H44Cl4N20O4. The van der Waals surface area contributed by atoms with Crippen LogP contribution in [-0.4, -0.2) is 69.6 Å². The van der Waals surface area contributed by atoms with E-state index in [4.69, 9.17) is 68.8 Å². The molecule has 0 aliphatic carbocycles. The second-order valence-electron chi connectivity index (χ2n) is 7.34. The fourth-order valence-electron chi connectivity index (χ4n) is 2.46. The summed E-state index contributed by atoms with van der Waals surface area (Å²) in [6.45, 7) is 0. The van der Waals surface area contributed by atoms with E-state index in [-0.39, 0.29) is 119 Å². The molecule has 28 heteroatoms. The van der Waals surface area contributed by atoms with Gasteiger partial charge in [-0.15, -0.1) is 20.0 Å². The van der Waals surface area contributed by atoms with Crippen molar-refractivity contribution in [1.29, 1.82) is 0 Å². The maximum absolute atomic E-state index is 5.55. The van der Waals surface area contributed by atoms with Gasteiger partial charge in [-0.2, -0.15) is 0 Å². The van der Waals surface area contributed by atoms with Gasteiger partial charge in [-0.25, -0.2) is 20.0 Å². The Morgan fingerprint density at radius 1 is 0.312 bits per heavy atom. The van der Waals surface area contributed by atoms with Crippen molar-refractivity contribution in [3.8, 4) is 0 Å². The fraction of sp³-hybridized carbons (Fsp3) is 0. The zero-order valence-corrected chi connectivity index (χ0v) is 27.9. The van der Waals surface area contributed by atoms with Crippen LogP contribution in [0, 0.1) is 0 Å². The molecule has 2 aromatic rings. The molecule has 0 bridgehead atoms. The lowest BCUT2D eigenvalue weighted by atomic mass is 10.3. The van der Waals surface area contributed by atoms with Crippen molar-refractivity contribution in [2.24, 2.45) is 88.8 Å². The van der Waals surface area contributed by atoms with Crippen molar-refractivity contribution in [3.05, 3.63) is 48.5 Å². The van der Waals surface area contributed by atoms with Crippen molar-refractivity contribution < 1.29 is 91.5 Å². The number of nitrogens with zero attached hydrogens (tertiary/aromatic N) is 4. The first-order valence-corrected chi connectivity index (χ1v) is 10.9. The van der Waals surface area contributed by atoms with Gasteiger partial charge in [0.05, 0.1) is 0 Å². The van der Waals surface area contributed by atoms with Gasteiger partial charge in [0.1, 0.15) is 22.7 Å². The van der Waals surface area contributed by atoms with Crippen LogP contribution >= 0.6 is 0 Å².